The predicted octanol–water partition coefficient (Wildman–Crippen LogP) is 4.48. The quantitative estimate of drug-likeness (QED) is 0.236. The number of thiol groups is 1. The van der Waals surface area contributed by atoms with Crippen LogP contribution in [0, 0.1) is 0 Å². The number of hydrogen-bond acceptors (Lipinski definition) is 1. The van der Waals surface area contributed by atoms with Crippen LogP contribution in [0.3, 0.4) is 0 Å². The van der Waals surface area contributed by atoms with Gasteiger partial charge in [0.15, 0.2) is 0 Å². The van der Waals surface area contributed by atoms with E-state index >= 15 is 0 Å². The van der Waals surface area contributed by atoms with Crippen molar-refractivity contribution >= 4 is 12.6 Å². The predicted molar refractivity (Wildman–Crippen MR) is 78.1 cm³/mol. The van der Waals surface area contributed by atoms with Crippen LogP contribution in [-0.4, -0.2) is 31.0 Å². The Morgan fingerprint density at radius 2 is 1.19 bits per heavy atom. The summed E-state index contributed by atoms with van der Waals surface area (Å²) >= 11 is 4.36. The van der Waals surface area contributed by atoms with E-state index in [0.29, 0.717) is 0 Å². The molecule has 16 heavy (non-hydrogen) atoms. The largest absolute Gasteiger partial charge is 0.320 e. The number of rotatable bonds is 11. The van der Waals surface area contributed by atoms with E-state index in [-0.39, 0.29) is 0 Å². The van der Waals surface area contributed by atoms with Crippen molar-refractivity contribution in [3.63, 3.8) is 0 Å². The maximum atomic E-state index is 4.36. The van der Waals surface area contributed by atoms with Crippen molar-refractivity contribution in [1.82, 2.24) is 0 Å². The highest BCUT2D eigenvalue weighted by Crippen LogP contribution is 2.11. The van der Waals surface area contributed by atoms with Gasteiger partial charge in [-0.25, -0.2) is 0 Å². The lowest BCUT2D eigenvalue weighted by molar-refractivity contribution is -0.877. The Morgan fingerprint density at radius 1 is 0.750 bits per heavy atom. The molecule has 0 aromatic rings. The van der Waals surface area contributed by atoms with Crippen molar-refractivity contribution in [1.29, 1.82) is 0 Å². The zero-order chi connectivity index (χ0) is 12.3. The molecule has 0 spiro atoms. The zero-order valence-corrected chi connectivity index (χ0v) is 12.6. The lowest BCUT2D eigenvalue weighted by Crippen LogP contribution is -2.38. The number of quaternary nitrogens is 1. The van der Waals surface area contributed by atoms with Crippen molar-refractivity contribution in [2.24, 2.45) is 0 Å². The highest BCUT2D eigenvalue weighted by atomic mass is 32.1. The maximum Gasteiger partial charge on any atom is 0.122 e. The van der Waals surface area contributed by atoms with Gasteiger partial charge < -0.3 is 4.48 Å². The Morgan fingerprint density at radius 3 is 1.62 bits per heavy atom. The van der Waals surface area contributed by atoms with Crippen molar-refractivity contribution in [2.75, 3.05) is 26.5 Å². The molecule has 0 bridgehead atoms. The first-order chi connectivity index (χ1) is 7.62. The lowest BCUT2D eigenvalue weighted by atomic mass is 10.1. The van der Waals surface area contributed by atoms with E-state index in [2.05, 4.69) is 33.6 Å². The summed E-state index contributed by atoms with van der Waals surface area (Å²) < 4.78 is 1.06. The fraction of sp³-hybridized carbons (Fsp3) is 1.00. The fourth-order valence-electron chi connectivity index (χ4n) is 1.92. The molecule has 0 fully saturated rings. The number of hydrogen-bond donors (Lipinski definition) is 1. The molecule has 98 valence electrons. The van der Waals surface area contributed by atoms with E-state index in [1.54, 1.807) is 0 Å². The zero-order valence-electron chi connectivity index (χ0n) is 11.7. The third-order valence-corrected chi connectivity index (χ3v) is 4.02. The topological polar surface area (TPSA) is 0 Å². The van der Waals surface area contributed by atoms with Crippen molar-refractivity contribution in [3.8, 4) is 0 Å². The summed E-state index contributed by atoms with van der Waals surface area (Å²) in [5.74, 6) is 0.955. The molecule has 0 saturated carbocycles. The van der Waals surface area contributed by atoms with E-state index < -0.39 is 0 Å². The Labute approximate surface area is 109 Å². The van der Waals surface area contributed by atoms with Crippen LogP contribution in [-0.2, 0) is 0 Å². The SMILES string of the molecule is CCCCCCCCCCC[N+](C)(C)CS. The average Bonchev–Trinajstić information content (AvgIpc) is 2.27. The van der Waals surface area contributed by atoms with Gasteiger partial charge in [0.2, 0.25) is 0 Å². The van der Waals surface area contributed by atoms with E-state index in [1.165, 1.54) is 64.3 Å². The first-order valence-electron chi connectivity index (χ1n) is 7.05. The fourth-order valence-corrected chi connectivity index (χ4v) is 2.06. The number of unbranched alkanes of at least 4 members (excludes halogenated alkanes) is 8. The van der Waals surface area contributed by atoms with E-state index in [1.807, 2.05) is 0 Å². The first kappa shape index (κ1) is 16.3. The van der Waals surface area contributed by atoms with Crippen LogP contribution in [0.15, 0.2) is 0 Å². The van der Waals surface area contributed by atoms with Crippen LogP contribution in [0.2, 0.25) is 0 Å². The van der Waals surface area contributed by atoms with Crippen LogP contribution in [0.4, 0.5) is 0 Å². The van der Waals surface area contributed by atoms with Crippen LogP contribution in [0.5, 0.6) is 0 Å². The van der Waals surface area contributed by atoms with Gasteiger partial charge in [0.05, 0.1) is 20.6 Å². The molecule has 0 aliphatic carbocycles. The summed E-state index contributed by atoms with van der Waals surface area (Å²) in [5, 5.41) is 0. The summed E-state index contributed by atoms with van der Waals surface area (Å²) in [7, 11) is 4.52. The third-order valence-electron chi connectivity index (χ3n) is 3.25. The molecular formula is C14H32NS+. The van der Waals surface area contributed by atoms with Crippen molar-refractivity contribution < 1.29 is 4.48 Å². The van der Waals surface area contributed by atoms with Gasteiger partial charge in [-0.3, -0.25) is 0 Å². The Hall–Kier alpha value is 0.310. The molecule has 0 saturated heterocycles. The van der Waals surface area contributed by atoms with Crippen LogP contribution in [0.25, 0.3) is 0 Å². The lowest BCUT2D eigenvalue weighted by Gasteiger charge is -2.27. The van der Waals surface area contributed by atoms with E-state index in [0.717, 1.165) is 10.4 Å². The van der Waals surface area contributed by atoms with Crippen LogP contribution in [0.1, 0.15) is 64.7 Å². The normalized spacial score (nSPS) is 12.0. The smallest absolute Gasteiger partial charge is 0.122 e. The van der Waals surface area contributed by atoms with Gasteiger partial charge in [-0.15, -0.1) is 12.6 Å². The van der Waals surface area contributed by atoms with Crippen LogP contribution >= 0.6 is 12.6 Å². The minimum atomic E-state index is 0.955. The van der Waals surface area contributed by atoms with Gasteiger partial charge in [0, 0.05) is 0 Å². The van der Waals surface area contributed by atoms with Gasteiger partial charge >= 0.3 is 0 Å². The molecule has 0 aromatic heterocycles. The second kappa shape index (κ2) is 10.5. The van der Waals surface area contributed by atoms with Gasteiger partial charge in [-0.1, -0.05) is 51.9 Å². The van der Waals surface area contributed by atoms with Crippen molar-refractivity contribution in [2.45, 2.75) is 64.7 Å². The monoisotopic (exact) mass is 246 g/mol. The Bertz CT molecular complexity index is 146. The van der Waals surface area contributed by atoms with Gasteiger partial charge in [-0.05, 0) is 12.8 Å². The molecule has 0 N–H and O–H groups in total. The molecule has 0 aromatic carbocycles. The summed E-state index contributed by atoms with van der Waals surface area (Å²) in [5.41, 5.74) is 0. The molecule has 0 heterocycles. The Balaban J connectivity index is 3.10. The minimum absolute atomic E-state index is 0.955. The molecule has 2 heteroatoms. The molecule has 0 atom stereocenters. The average molecular weight is 246 g/mol. The molecule has 0 aliphatic heterocycles. The van der Waals surface area contributed by atoms with Crippen LogP contribution < -0.4 is 0 Å². The third kappa shape index (κ3) is 10.8. The maximum absolute atomic E-state index is 4.36. The second-order valence-electron chi connectivity index (χ2n) is 5.63. The molecule has 0 amide bonds. The highest BCUT2D eigenvalue weighted by Gasteiger charge is 2.10. The number of nitrogens with zero attached hydrogens (tertiary/aromatic N) is 1. The molecule has 0 radical (unpaired) electrons. The van der Waals surface area contributed by atoms with E-state index in [9.17, 15) is 0 Å². The molecular weight excluding hydrogens is 214 g/mol. The highest BCUT2D eigenvalue weighted by molar-refractivity contribution is 7.80. The molecule has 0 rings (SSSR count). The minimum Gasteiger partial charge on any atom is -0.320 e. The molecule has 1 nitrogen and oxygen atoms in total. The second-order valence-corrected chi connectivity index (χ2v) is 5.91. The molecule has 0 unspecified atom stereocenters. The summed E-state index contributed by atoms with van der Waals surface area (Å²) in [6, 6.07) is 0. The summed E-state index contributed by atoms with van der Waals surface area (Å²) in [6.07, 6.45) is 12.8. The standard InChI is InChI=1S/C14H31NS/c1-4-5-6-7-8-9-10-11-12-13-15(2,3)14-16/h4-14H2,1-3H3/p+1. The molecule has 0 aliphatic rings. The summed E-state index contributed by atoms with van der Waals surface area (Å²) in [4.78, 5) is 0. The van der Waals surface area contributed by atoms with Crippen molar-refractivity contribution in [3.05, 3.63) is 0 Å². The van der Waals surface area contributed by atoms with Gasteiger partial charge in [-0.2, -0.15) is 0 Å². The van der Waals surface area contributed by atoms with Gasteiger partial charge in [0.25, 0.3) is 0 Å². The van der Waals surface area contributed by atoms with E-state index in [4.69, 9.17) is 0 Å². The van der Waals surface area contributed by atoms with Gasteiger partial charge in [0.1, 0.15) is 5.88 Å². The summed E-state index contributed by atoms with van der Waals surface area (Å²) in [6.45, 7) is 3.56. The first-order valence-corrected chi connectivity index (χ1v) is 7.68. The Kier molecular flexibility index (Phi) is 10.7.